The van der Waals surface area contributed by atoms with Crippen LogP contribution in [0.4, 0.5) is 0 Å². The molecule has 0 fully saturated rings. The first-order valence-corrected chi connectivity index (χ1v) is 7.26. The zero-order chi connectivity index (χ0) is 14.0. The van der Waals surface area contributed by atoms with Crippen molar-refractivity contribution in [2.24, 2.45) is 0 Å². The van der Waals surface area contributed by atoms with Gasteiger partial charge in [-0.3, -0.25) is 5.32 Å². The summed E-state index contributed by atoms with van der Waals surface area (Å²) in [5.41, 5.74) is 0.723. The Morgan fingerprint density at radius 1 is 1.37 bits per heavy atom. The van der Waals surface area contributed by atoms with E-state index in [0.717, 1.165) is 5.69 Å². The summed E-state index contributed by atoms with van der Waals surface area (Å²) in [5.74, 6) is 1.73. The van der Waals surface area contributed by atoms with Crippen molar-refractivity contribution in [3.8, 4) is 0 Å². The van der Waals surface area contributed by atoms with Crippen LogP contribution in [0.1, 0.15) is 56.0 Å². The summed E-state index contributed by atoms with van der Waals surface area (Å²) in [4.78, 5) is 8.87. The summed E-state index contributed by atoms with van der Waals surface area (Å²) in [5, 5.41) is 10.7. The number of hydrogen-bond acceptors (Lipinski definition) is 6. The molecule has 0 aliphatic heterocycles. The number of thiazole rings is 1. The van der Waals surface area contributed by atoms with E-state index < -0.39 is 0 Å². The Balaban J connectivity index is 2.00. The predicted molar refractivity (Wildman–Crippen MR) is 75.1 cm³/mol. The fourth-order valence-corrected chi connectivity index (χ4v) is 2.45. The van der Waals surface area contributed by atoms with Gasteiger partial charge in [0, 0.05) is 24.8 Å². The van der Waals surface area contributed by atoms with Crippen LogP contribution in [-0.2, 0) is 12.1 Å². The third kappa shape index (κ3) is 3.39. The molecule has 0 saturated carbocycles. The highest BCUT2D eigenvalue weighted by Crippen LogP contribution is 2.21. The molecule has 0 aliphatic rings. The van der Waals surface area contributed by atoms with Gasteiger partial charge in [-0.2, -0.15) is 4.98 Å². The summed E-state index contributed by atoms with van der Waals surface area (Å²) >= 11 is 1.71. The average molecular weight is 280 g/mol. The Labute approximate surface area is 117 Å². The molecule has 2 rings (SSSR count). The summed E-state index contributed by atoms with van der Waals surface area (Å²) < 4.78 is 5.02. The highest BCUT2D eigenvalue weighted by molar-refractivity contribution is 7.09. The topological polar surface area (TPSA) is 63.8 Å². The molecule has 6 heteroatoms. The van der Waals surface area contributed by atoms with E-state index >= 15 is 0 Å². The predicted octanol–water partition coefficient (Wildman–Crippen LogP) is 2.98. The molecule has 0 spiro atoms. The van der Waals surface area contributed by atoms with Gasteiger partial charge in [0.25, 0.3) is 0 Å². The molecule has 1 N–H and O–H groups in total. The van der Waals surface area contributed by atoms with Crippen molar-refractivity contribution in [2.75, 3.05) is 0 Å². The van der Waals surface area contributed by atoms with E-state index in [2.05, 4.69) is 39.7 Å². The normalized spacial score (nSPS) is 12.3. The molecule has 0 aromatic carbocycles. The number of aryl methyl sites for hydroxylation is 1. The van der Waals surface area contributed by atoms with E-state index in [0.29, 0.717) is 24.2 Å². The fourth-order valence-electron chi connectivity index (χ4n) is 1.61. The lowest BCUT2D eigenvalue weighted by Gasteiger charge is -2.21. The highest BCUT2D eigenvalue weighted by Gasteiger charge is 2.25. The van der Waals surface area contributed by atoms with E-state index in [-0.39, 0.29) is 5.54 Å². The van der Waals surface area contributed by atoms with E-state index in [9.17, 15) is 0 Å². The van der Waals surface area contributed by atoms with Crippen LogP contribution in [-0.4, -0.2) is 15.1 Å². The first-order chi connectivity index (χ1) is 8.88. The molecule has 2 heterocycles. The van der Waals surface area contributed by atoms with Gasteiger partial charge >= 0.3 is 0 Å². The third-order valence-corrected chi connectivity index (χ3v) is 4.06. The second-order valence-corrected chi connectivity index (χ2v) is 6.34. The Morgan fingerprint density at radius 3 is 2.63 bits per heavy atom. The van der Waals surface area contributed by atoms with Gasteiger partial charge in [-0.25, -0.2) is 4.98 Å². The van der Waals surface area contributed by atoms with E-state index in [4.69, 9.17) is 4.52 Å². The third-order valence-electron chi connectivity index (χ3n) is 2.86. The molecule has 0 atom stereocenters. The first kappa shape index (κ1) is 14.1. The SMILES string of the molecule is Cc1nc(C(C)(C)NCc2csc(C(C)C)n2)no1. The molecule has 0 saturated heterocycles. The molecular formula is C13H20N4OS. The molecule has 2 aromatic heterocycles. The van der Waals surface area contributed by atoms with Gasteiger partial charge in [-0.1, -0.05) is 19.0 Å². The zero-order valence-electron chi connectivity index (χ0n) is 12.0. The lowest BCUT2D eigenvalue weighted by atomic mass is 10.1. The van der Waals surface area contributed by atoms with Gasteiger partial charge in [-0.05, 0) is 13.8 Å². The van der Waals surface area contributed by atoms with Crippen molar-refractivity contribution in [2.45, 2.75) is 52.6 Å². The van der Waals surface area contributed by atoms with Gasteiger partial charge in [0.2, 0.25) is 5.89 Å². The van der Waals surface area contributed by atoms with Gasteiger partial charge in [0.05, 0.1) is 16.2 Å². The van der Waals surface area contributed by atoms with Crippen LogP contribution in [0.3, 0.4) is 0 Å². The molecule has 0 amide bonds. The van der Waals surface area contributed by atoms with E-state index in [1.165, 1.54) is 5.01 Å². The molecule has 0 bridgehead atoms. The van der Waals surface area contributed by atoms with Gasteiger partial charge in [0.1, 0.15) is 0 Å². The first-order valence-electron chi connectivity index (χ1n) is 6.38. The Hall–Kier alpha value is -1.27. The van der Waals surface area contributed by atoms with Crippen LogP contribution in [0.2, 0.25) is 0 Å². The van der Waals surface area contributed by atoms with Crippen LogP contribution in [0.15, 0.2) is 9.90 Å². The molecule has 0 unspecified atom stereocenters. The maximum atomic E-state index is 5.02. The molecule has 5 nitrogen and oxygen atoms in total. The second kappa shape index (κ2) is 5.38. The molecule has 19 heavy (non-hydrogen) atoms. The maximum absolute atomic E-state index is 5.02. The Kier molecular flexibility index (Phi) is 4.01. The number of rotatable bonds is 5. The van der Waals surface area contributed by atoms with E-state index in [1.807, 2.05) is 13.8 Å². The monoisotopic (exact) mass is 280 g/mol. The summed E-state index contributed by atoms with van der Waals surface area (Å²) in [7, 11) is 0. The van der Waals surface area contributed by atoms with Crippen molar-refractivity contribution >= 4 is 11.3 Å². The summed E-state index contributed by atoms with van der Waals surface area (Å²) in [6.07, 6.45) is 0. The zero-order valence-corrected chi connectivity index (χ0v) is 12.8. The van der Waals surface area contributed by atoms with Crippen LogP contribution in [0.25, 0.3) is 0 Å². The van der Waals surface area contributed by atoms with Crippen molar-refractivity contribution in [1.29, 1.82) is 0 Å². The van der Waals surface area contributed by atoms with Crippen molar-refractivity contribution in [3.05, 3.63) is 27.8 Å². The molecule has 2 aromatic rings. The number of nitrogens with zero attached hydrogens (tertiary/aromatic N) is 3. The minimum atomic E-state index is -0.334. The van der Waals surface area contributed by atoms with Crippen molar-refractivity contribution in [3.63, 3.8) is 0 Å². The molecule has 0 radical (unpaired) electrons. The minimum absolute atomic E-state index is 0.334. The van der Waals surface area contributed by atoms with Gasteiger partial charge in [-0.15, -0.1) is 11.3 Å². The lowest BCUT2D eigenvalue weighted by molar-refractivity contribution is 0.336. The Morgan fingerprint density at radius 2 is 2.11 bits per heavy atom. The van der Waals surface area contributed by atoms with Crippen LogP contribution in [0.5, 0.6) is 0 Å². The molecule has 104 valence electrons. The van der Waals surface area contributed by atoms with Crippen LogP contribution >= 0.6 is 11.3 Å². The van der Waals surface area contributed by atoms with Gasteiger partial charge < -0.3 is 4.52 Å². The highest BCUT2D eigenvalue weighted by atomic mass is 32.1. The standard InChI is InChI=1S/C13H20N4OS/c1-8(2)11-16-10(7-19-11)6-14-13(4,5)12-15-9(3)18-17-12/h7-8,14H,6H2,1-5H3. The van der Waals surface area contributed by atoms with E-state index in [1.54, 1.807) is 18.3 Å². The quantitative estimate of drug-likeness (QED) is 0.912. The van der Waals surface area contributed by atoms with Crippen LogP contribution in [0, 0.1) is 6.92 Å². The average Bonchev–Trinajstić information content (AvgIpc) is 2.95. The minimum Gasteiger partial charge on any atom is -0.340 e. The lowest BCUT2D eigenvalue weighted by Crippen LogP contribution is -2.37. The number of aromatic nitrogens is 3. The largest absolute Gasteiger partial charge is 0.340 e. The number of nitrogens with one attached hydrogen (secondary N) is 1. The van der Waals surface area contributed by atoms with Crippen molar-refractivity contribution < 1.29 is 4.52 Å². The van der Waals surface area contributed by atoms with Crippen LogP contribution < -0.4 is 5.32 Å². The molecule has 0 aliphatic carbocycles. The van der Waals surface area contributed by atoms with Gasteiger partial charge in [0.15, 0.2) is 5.82 Å². The maximum Gasteiger partial charge on any atom is 0.223 e. The summed E-state index contributed by atoms with van der Waals surface area (Å²) in [6, 6.07) is 0. The second-order valence-electron chi connectivity index (χ2n) is 5.45. The summed E-state index contributed by atoms with van der Waals surface area (Å²) in [6.45, 7) is 10.9. The van der Waals surface area contributed by atoms with Crippen molar-refractivity contribution in [1.82, 2.24) is 20.4 Å². The molecular weight excluding hydrogens is 260 g/mol. The fraction of sp³-hybridized carbons (Fsp3) is 0.615. The number of hydrogen-bond donors (Lipinski definition) is 1. The smallest absolute Gasteiger partial charge is 0.223 e. The Bertz CT molecular complexity index is 544.